The van der Waals surface area contributed by atoms with Crippen molar-refractivity contribution in [3.63, 3.8) is 0 Å². The van der Waals surface area contributed by atoms with Gasteiger partial charge in [0.15, 0.2) is 6.29 Å². The molecule has 7 heteroatoms. The predicted molar refractivity (Wildman–Crippen MR) is 97.2 cm³/mol. The molecule has 7 nitrogen and oxygen atoms in total. The van der Waals surface area contributed by atoms with E-state index in [2.05, 4.69) is 16.0 Å². The lowest BCUT2D eigenvalue weighted by molar-refractivity contribution is -0.104. The number of ether oxygens (including phenoxy) is 2. The van der Waals surface area contributed by atoms with Crippen LogP contribution in [0.25, 0.3) is 0 Å². The number of fused-ring (bicyclic) bond motifs is 1. The molecule has 1 aromatic rings. The van der Waals surface area contributed by atoms with Gasteiger partial charge in [0.05, 0.1) is 18.5 Å². The van der Waals surface area contributed by atoms with Crippen molar-refractivity contribution < 1.29 is 14.3 Å². The van der Waals surface area contributed by atoms with Gasteiger partial charge >= 0.3 is 0 Å². The van der Waals surface area contributed by atoms with Crippen LogP contribution in [0.3, 0.4) is 0 Å². The first kappa shape index (κ1) is 17.8. The second-order valence-electron chi connectivity index (χ2n) is 5.89. The van der Waals surface area contributed by atoms with Crippen molar-refractivity contribution in [1.29, 1.82) is 5.26 Å². The molecule has 0 N–H and O–H groups in total. The first-order valence-electron chi connectivity index (χ1n) is 8.51. The topological polar surface area (TPSA) is 87.8 Å². The Bertz CT molecular complexity index is 821. The summed E-state index contributed by atoms with van der Waals surface area (Å²) in [5.74, 6) is 1.65. The largest absolute Gasteiger partial charge is 0.490 e. The lowest BCUT2D eigenvalue weighted by atomic mass is 10.0. The van der Waals surface area contributed by atoms with Gasteiger partial charge in [0.25, 0.3) is 0 Å². The molecule has 134 valence electrons. The third-order valence-electron chi connectivity index (χ3n) is 4.20. The molecule has 0 radical (unpaired) electrons. The van der Waals surface area contributed by atoms with Gasteiger partial charge in [-0.3, -0.25) is 14.7 Å². The lowest BCUT2D eigenvalue weighted by Gasteiger charge is -2.29. The number of allylic oxidation sites excluding steroid dienone is 3. The lowest BCUT2D eigenvalue weighted by Crippen LogP contribution is -2.35. The molecule has 1 aromatic heterocycles. The van der Waals surface area contributed by atoms with Gasteiger partial charge in [-0.05, 0) is 30.9 Å². The van der Waals surface area contributed by atoms with E-state index in [0.717, 1.165) is 37.0 Å². The minimum Gasteiger partial charge on any atom is -0.490 e. The first-order chi connectivity index (χ1) is 12.8. The second kappa shape index (κ2) is 8.41. The number of aldehydes is 1. The minimum absolute atomic E-state index is 0.317. The number of hydrogen-bond acceptors (Lipinski definition) is 7. The molecular weight excluding hydrogens is 332 g/mol. The van der Waals surface area contributed by atoms with Crippen LogP contribution in [0.15, 0.2) is 40.7 Å². The quantitative estimate of drug-likeness (QED) is 0.577. The van der Waals surface area contributed by atoms with Crippen LogP contribution in [0.1, 0.15) is 24.8 Å². The van der Waals surface area contributed by atoms with E-state index in [1.54, 1.807) is 24.2 Å². The number of hydrogen-bond donors (Lipinski definition) is 0. The van der Waals surface area contributed by atoms with Gasteiger partial charge in [0.1, 0.15) is 35.6 Å². The second-order valence-corrected chi connectivity index (χ2v) is 5.89. The van der Waals surface area contributed by atoms with Crippen molar-refractivity contribution in [2.75, 3.05) is 31.8 Å². The van der Waals surface area contributed by atoms with Gasteiger partial charge in [-0.1, -0.05) is 6.08 Å². The molecule has 0 saturated carbocycles. The minimum atomic E-state index is 0.317. The highest BCUT2D eigenvalue weighted by molar-refractivity contribution is 6.16. The van der Waals surface area contributed by atoms with E-state index in [1.807, 2.05) is 6.08 Å². The molecule has 2 aliphatic rings. The van der Waals surface area contributed by atoms with Crippen LogP contribution in [0, 0.1) is 11.3 Å². The Balaban J connectivity index is 2.00. The van der Waals surface area contributed by atoms with Crippen LogP contribution >= 0.6 is 0 Å². The summed E-state index contributed by atoms with van der Waals surface area (Å²) in [6.07, 6.45) is 8.94. The third kappa shape index (κ3) is 3.65. The summed E-state index contributed by atoms with van der Waals surface area (Å²) >= 11 is 0. The smallest absolute Gasteiger partial charge is 0.166 e. The summed E-state index contributed by atoms with van der Waals surface area (Å²) in [6, 6.07) is 3.74. The molecule has 26 heavy (non-hydrogen) atoms. The van der Waals surface area contributed by atoms with E-state index in [4.69, 9.17) is 9.47 Å². The number of aromatic nitrogens is 1. The molecule has 0 aliphatic carbocycles. The molecule has 0 atom stereocenters. The fourth-order valence-corrected chi connectivity index (χ4v) is 2.90. The first-order valence-corrected chi connectivity index (χ1v) is 8.51. The molecule has 0 aromatic carbocycles. The number of nitriles is 1. The summed E-state index contributed by atoms with van der Waals surface area (Å²) in [6.45, 7) is 1.44. The summed E-state index contributed by atoms with van der Waals surface area (Å²) in [4.78, 5) is 22.4. The number of amidine groups is 1. The molecular formula is C19H20N4O3. The van der Waals surface area contributed by atoms with Gasteiger partial charge in [-0.2, -0.15) is 5.26 Å². The van der Waals surface area contributed by atoms with Crippen molar-refractivity contribution >= 4 is 17.9 Å². The number of rotatable bonds is 6. The summed E-state index contributed by atoms with van der Waals surface area (Å²) in [7, 11) is 1.58. The monoisotopic (exact) mass is 352 g/mol. The van der Waals surface area contributed by atoms with Crippen LogP contribution in [0.5, 0.6) is 5.75 Å². The van der Waals surface area contributed by atoms with Crippen LogP contribution < -0.4 is 9.64 Å². The molecule has 0 unspecified atom stereocenters. The number of carbonyl (C=O) groups excluding carboxylic acids is 1. The van der Waals surface area contributed by atoms with Gasteiger partial charge < -0.3 is 9.47 Å². The standard InChI is InChI=1S/C19H20N4O3/c1-25-8-9-26-17-10-18(22-12-15(17)11-20)23-16(13-24)6-5-14-4-2-3-7-21-19(14)23/h5-6,10,12-13H,2-4,7-9H2,1H3. The van der Waals surface area contributed by atoms with E-state index < -0.39 is 0 Å². The van der Waals surface area contributed by atoms with E-state index >= 15 is 0 Å². The average molecular weight is 352 g/mol. The Morgan fingerprint density at radius 1 is 1.35 bits per heavy atom. The van der Waals surface area contributed by atoms with Crippen LogP contribution in [-0.4, -0.2) is 44.0 Å². The highest BCUT2D eigenvalue weighted by Crippen LogP contribution is 2.30. The summed E-state index contributed by atoms with van der Waals surface area (Å²) in [5, 5.41) is 9.28. The van der Waals surface area contributed by atoms with E-state index in [9.17, 15) is 10.1 Å². The maximum absolute atomic E-state index is 11.6. The van der Waals surface area contributed by atoms with Crippen LogP contribution in [0.4, 0.5) is 5.82 Å². The Labute approximate surface area is 152 Å². The van der Waals surface area contributed by atoms with Crippen molar-refractivity contribution in [3.8, 4) is 11.8 Å². The molecule has 3 heterocycles. The van der Waals surface area contributed by atoms with Crippen molar-refractivity contribution in [2.24, 2.45) is 4.99 Å². The van der Waals surface area contributed by atoms with Gasteiger partial charge in [-0.15, -0.1) is 0 Å². The van der Waals surface area contributed by atoms with Crippen LogP contribution in [-0.2, 0) is 9.53 Å². The Kier molecular flexibility index (Phi) is 5.77. The number of pyridine rings is 1. The molecule has 0 amide bonds. The van der Waals surface area contributed by atoms with Gasteiger partial charge in [-0.25, -0.2) is 4.98 Å². The normalized spacial score (nSPS) is 16.5. The number of nitrogens with zero attached hydrogens (tertiary/aromatic N) is 4. The molecule has 2 aliphatic heterocycles. The summed E-state index contributed by atoms with van der Waals surface area (Å²) in [5.41, 5.74) is 1.87. The Morgan fingerprint density at radius 3 is 3.00 bits per heavy atom. The molecule has 0 bridgehead atoms. The van der Waals surface area contributed by atoms with Crippen LogP contribution in [0.2, 0.25) is 0 Å². The molecule has 3 rings (SSSR count). The van der Waals surface area contributed by atoms with Gasteiger partial charge in [0.2, 0.25) is 0 Å². The SMILES string of the molecule is COCCOc1cc(N2C(C=O)=CC=C3CCCCN=C32)ncc1C#N. The maximum atomic E-state index is 11.6. The zero-order valence-electron chi connectivity index (χ0n) is 14.6. The van der Waals surface area contributed by atoms with E-state index in [0.29, 0.717) is 42.6 Å². The Morgan fingerprint density at radius 2 is 2.23 bits per heavy atom. The highest BCUT2D eigenvalue weighted by Gasteiger charge is 2.27. The number of aliphatic imine (C=N–C) groups is 1. The molecule has 0 fully saturated rings. The maximum Gasteiger partial charge on any atom is 0.166 e. The molecule has 0 spiro atoms. The zero-order chi connectivity index (χ0) is 18.4. The molecule has 0 saturated heterocycles. The number of anilines is 1. The summed E-state index contributed by atoms with van der Waals surface area (Å²) < 4.78 is 10.6. The fraction of sp³-hybridized carbons (Fsp3) is 0.368. The number of methoxy groups -OCH3 is 1. The third-order valence-corrected chi connectivity index (χ3v) is 4.20. The van der Waals surface area contributed by atoms with Crippen molar-refractivity contribution in [3.05, 3.63) is 41.2 Å². The van der Waals surface area contributed by atoms with Crippen molar-refractivity contribution in [2.45, 2.75) is 19.3 Å². The Hall–Kier alpha value is -2.98. The van der Waals surface area contributed by atoms with E-state index in [1.165, 1.54) is 6.20 Å². The fourth-order valence-electron chi connectivity index (χ4n) is 2.90. The van der Waals surface area contributed by atoms with Gasteiger partial charge in [0, 0.05) is 19.7 Å². The predicted octanol–water partition coefficient (Wildman–Crippen LogP) is 2.39. The number of carbonyl (C=O) groups is 1. The average Bonchev–Trinajstić information content (AvgIpc) is 2.92. The highest BCUT2D eigenvalue weighted by atomic mass is 16.5. The van der Waals surface area contributed by atoms with E-state index in [-0.39, 0.29) is 0 Å². The zero-order valence-corrected chi connectivity index (χ0v) is 14.6. The van der Waals surface area contributed by atoms with Crippen molar-refractivity contribution in [1.82, 2.24) is 4.98 Å².